The third-order valence-electron chi connectivity index (χ3n) is 3.40. The van der Waals surface area contributed by atoms with E-state index in [1.807, 2.05) is 18.5 Å². The molecule has 5 heteroatoms. The zero-order valence-electron chi connectivity index (χ0n) is 11.9. The Balaban J connectivity index is 2.41. The molecule has 4 nitrogen and oxygen atoms in total. The minimum absolute atomic E-state index is 0.181. The Morgan fingerprint density at radius 1 is 1.45 bits per heavy atom. The van der Waals surface area contributed by atoms with Crippen molar-refractivity contribution >= 4 is 32.6 Å². The van der Waals surface area contributed by atoms with Crippen LogP contribution in [0.3, 0.4) is 0 Å². The van der Waals surface area contributed by atoms with Crippen LogP contribution in [-0.4, -0.2) is 21.9 Å². The number of fused-ring (bicyclic) bond motifs is 1. The summed E-state index contributed by atoms with van der Waals surface area (Å²) in [5.74, 6) is 0.181. The highest BCUT2D eigenvalue weighted by molar-refractivity contribution is 9.10. The van der Waals surface area contributed by atoms with Crippen molar-refractivity contribution in [3.05, 3.63) is 28.6 Å². The Morgan fingerprint density at radius 2 is 2.20 bits per heavy atom. The first-order chi connectivity index (χ1) is 9.54. The van der Waals surface area contributed by atoms with Crippen molar-refractivity contribution in [1.82, 2.24) is 9.55 Å². The fraction of sp³-hybridized carbons (Fsp3) is 0.467. The Bertz CT molecular complexity index is 619. The van der Waals surface area contributed by atoms with Gasteiger partial charge in [0.1, 0.15) is 4.60 Å². The first kappa shape index (κ1) is 15.2. The van der Waals surface area contributed by atoms with Gasteiger partial charge in [-0.05, 0) is 55.2 Å². The van der Waals surface area contributed by atoms with E-state index >= 15 is 0 Å². The number of aromatic nitrogens is 2. The summed E-state index contributed by atoms with van der Waals surface area (Å²) in [6.45, 7) is 4.84. The minimum Gasteiger partial charge on any atom is -0.343 e. The van der Waals surface area contributed by atoms with Crippen molar-refractivity contribution in [2.75, 3.05) is 6.54 Å². The van der Waals surface area contributed by atoms with Gasteiger partial charge in [-0.1, -0.05) is 0 Å². The highest BCUT2D eigenvalue weighted by atomic mass is 79.9. The summed E-state index contributed by atoms with van der Waals surface area (Å²) < 4.78 is 2.85. The molecule has 0 saturated heterocycles. The molecule has 0 saturated carbocycles. The Kier molecular flexibility index (Phi) is 4.94. The average Bonchev–Trinajstić information content (AvgIpc) is 2.77. The van der Waals surface area contributed by atoms with Crippen LogP contribution in [0.2, 0.25) is 0 Å². The largest absolute Gasteiger partial charge is 0.343 e. The molecule has 2 N–H and O–H groups in total. The van der Waals surface area contributed by atoms with Gasteiger partial charge in [0.25, 0.3) is 0 Å². The van der Waals surface area contributed by atoms with Crippen LogP contribution in [0.25, 0.3) is 10.9 Å². The van der Waals surface area contributed by atoms with Crippen LogP contribution in [-0.2, 0) is 0 Å². The van der Waals surface area contributed by atoms with Crippen LogP contribution in [0.1, 0.15) is 49.5 Å². The second-order valence-corrected chi connectivity index (χ2v) is 6.05. The molecule has 0 unspecified atom stereocenters. The molecule has 0 aliphatic carbocycles. The minimum atomic E-state index is 0.181. The van der Waals surface area contributed by atoms with Gasteiger partial charge in [0.15, 0.2) is 5.78 Å². The number of hydrogen-bond donors (Lipinski definition) is 1. The molecule has 2 aromatic rings. The molecule has 0 atom stereocenters. The van der Waals surface area contributed by atoms with Gasteiger partial charge in [0.05, 0.1) is 11.7 Å². The fourth-order valence-electron chi connectivity index (χ4n) is 2.34. The highest BCUT2D eigenvalue weighted by Crippen LogP contribution is 2.27. The maximum atomic E-state index is 12.4. The Hall–Kier alpha value is -1.20. The van der Waals surface area contributed by atoms with Crippen LogP contribution < -0.4 is 5.73 Å². The maximum absolute atomic E-state index is 12.4. The number of pyridine rings is 1. The van der Waals surface area contributed by atoms with E-state index in [2.05, 4.69) is 39.3 Å². The summed E-state index contributed by atoms with van der Waals surface area (Å²) in [6.07, 6.45) is 6.05. The van der Waals surface area contributed by atoms with Gasteiger partial charge in [-0.15, -0.1) is 0 Å². The number of ketones is 1. The molecule has 0 fully saturated rings. The first-order valence-electron chi connectivity index (χ1n) is 6.94. The number of nitrogens with zero attached hydrogens (tertiary/aromatic N) is 2. The van der Waals surface area contributed by atoms with Gasteiger partial charge in [0, 0.05) is 29.6 Å². The van der Waals surface area contributed by atoms with E-state index in [1.54, 1.807) is 0 Å². The van der Waals surface area contributed by atoms with Gasteiger partial charge in [-0.3, -0.25) is 4.79 Å². The van der Waals surface area contributed by atoms with E-state index < -0.39 is 0 Å². The second-order valence-electron chi connectivity index (χ2n) is 5.24. The quantitative estimate of drug-likeness (QED) is 0.496. The maximum Gasteiger partial charge on any atom is 0.165 e. The number of rotatable bonds is 6. The molecular weight excluding hydrogens is 318 g/mol. The molecule has 0 bridgehead atoms. The van der Waals surface area contributed by atoms with Gasteiger partial charge in [-0.2, -0.15) is 0 Å². The van der Waals surface area contributed by atoms with Crippen LogP contribution in [0.15, 0.2) is 23.1 Å². The van der Waals surface area contributed by atoms with Gasteiger partial charge >= 0.3 is 0 Å². The molecule has 0 radical (unpaired) electrons. The monoisotopic (exact) mass is 337 g/mol. The number of unbranched alkanes of at least 4 members (excludes halogenated alkanes) is 1. The smallest absolute Gasteiger partial charge is 0.165 e. The van der Waals surface area contributed by atoms with Crippen LogP contribution in [0.4, 0.5) is 0 Å². The molecule has 0 aromatic carbocycles. The zero-order valence-corrected chi connectivity index (χ0v) is 13.5. The number of hydrogen-bond acceptors (Lipinski definition) is 3. The Labute approximate surface area is 127 Å². The van der Waals surface area contributed by atoms with Crippen molar-refractivity contribution in [3.63, 3.8) is 0 Å². The third-order valence-corrected chi connectivity index (χ3v) is 3.83. The lowest BCUT2D eigenvalue weighted by Crippen LogP contribution is -2.03. The van der Waals surface area contributed by atoms with Crippen LogP contribution >= 0.6 is 15.9 Å². The number of Topliss-reactive ketones (excluding diaryl/α,β-unsaturated/α-hetero) is 1. The van der Waals surface area contributed by atoms with E-state index in [4.69, 9.17) is 5.73 Å². The molecule has 0 aliphatic heterocycles. The van der Waals surface area contributed by atoms with Crippen molar-refractivity contribution in [2.24, 2.45) is 5.73 Å². The Morgan fingerprint density at radius 3 is 2.85 bits per heavy atom. The van der Waals surface area contributed by atoms with Crippen LogP contribution in [0.5, 0.6) is 0 Å². The lowest BCUT2D eigenvalue weighted by molar-refractivity contribution is 0.0981. The fourth-order valence-corrected chi connectivity index (χ4v) is 2.67. The number of carbonyl (C=O) groups is 1. The lowest BCUT2D eigenvalue weighted by Gasteiger charge is -2.08. The summed E-state index contributed by atoms with van der Waals surface area (Å²) in [4.78, 5) is 16.7. The molecule has 0 amide bonds. The molecule has 0 aliphatic rings. The summed E-state index contributed by atoms with van der Waals surface area (Å²) >= 11 is 3.38. The van der Waals surface area contributed by atoms with Crippen LogP contribution in [0, 0.1) is 0 Å². The first-order valence-corrected chi connectivity index (χ1v) is 7.73. The lowest BCUT2D eigenvalue weighted by atomic mass is 10.1. The summed E-state index contributed by atoms with van der Waals surface area (Å²) in [5, 5.41) is 0.971. The number of nitrogens with two attached hydrogens (primary N) is 1. The molecule has 108 valence electrons. The molecule has 20 heavy (non-hydrogen) atoms. The van der Waals surface area contributed by atoms with Crippen molar-refractivity contribution in [1.29, 1.82) is 0 Å². The predicted octanol–water partition coefficient (Wildman–Crippen LogP) is 3.69. The third kappa shape index (κ3) is 3.10. The van der Waals surface area contributed by atoms with Crippen molar-refractivity contribution in [2.45, 2.75) is 39.2 Å². The SMILES string of the molecule is CC(C)n1cc(C(=O)CCCCN)c2cc(Br)ncc21. The summed E-state index contributed by atoms with van der Waals surface area (Å²) in [5.41, 5.74) is 7.27. The van der Waals surface area contributed by atoms with E-state index in [-0.39, 0.29) is 5.78 Å². The normalized spacial score (nSPS) is 11.4. The molecule has 0 spiro atoms. The molecule has 2 heterocycles. The number of carbonyl (C=O) groups excluding carboxylic acids is 1. The average molecular weight is 338 g/mol. The summed E-state index contributed by atoms with van der Waals surface area (Å²) in [6, 6.07) is 2.22. The molecule has 2 rings (SSSR count). The highest BCUT2D eigenvalue weighted by Gasteiger charge is 2.16. The molecular formula is C15H20BrN3O. The van der Waals surface area contributed by atoms with E-state index in [1.165, 1.54) is 0 Å². The van der Waals surface area contributed by atoms with Gasteiger partial charge in [-0.25, -0.2) is 4.98 Å². The predicted molar refractivity (Wildman–Crippen MR) is 85.1 cm³/mol. The van der Waals surface area contributed by atoms with E-state index in [0.29, 0.717) is 19.0 Å². The van der Waals surface area contributed by atoms with Crippen molar-refractivity contribution < 1.29 is 4.79 Å². The van der Waals surface area contributed by atoms with Gasteiger partial charge < -0.3 is 10.3 Å². The standard InChI is InChI=1S/C15H20BrN3O/c1-10(2)19-9-12(14(20)5-3-4-6-17)11-7-15(16)18-8-13(11)19/h7-10H,3-6,17H2,1-2H3. The zero-order chi connectivity index (χ0) is 14.7. The number of halogens is 1. The van der Waals surface area contributed by atoms with E-state index in [9.17, 15) is 4.79 Å². The summed E-state index contributed by atoms with van der Waals surface area (Å²) in [7, 11) is 0. The topological polar surface area (TPSA) is 60.9 Å². The van der Waals surface area contributed by atoms with Gasteiger partial charge in [0.2, 0.25) is 0 Å². The molecule has 2 aromatic heterocycles. The van der Waals surface area contributed by atoms with E-state index in [0.717, 1.165) is 33.9 Å². The second kappa shape index (κ2) is 6.50. The van der Waals surface area contributed by atoms with Crippen molar-refractivity contribution in [3.8, 4) is 0 Å².